The standard InChI is InChI=1S/C12H21N3O3S.ClH/c13-4-1-7-18-9-2-5-15(6-3-9)11(16)10-8-19-12(17)14-10;/h9-10H,1-8,13H2,(H,14,17);1H/t10-;/m0./s1. The molecule has 20 heavy (non-hydrogen) atoms. The Kier molecular flexibility index (Phi) is 7.65. The maximum absolute atomic E-state index is 12.2. The van der Waals surface area contributed by atoms with Gasteiger partial charge in [0.2, 0.25) is 5.91 Å². The maximum Gasteiger partial charge on any atom is 0.279 e. The molecule has 2 fully saturated rings. The van der Waals surface area contributed by atoms with Crippen LogP contribution < -0.4 is 11.1 Å². The first-order valence-electron chi connectivity index (χ1n) is 6.74. The molecule has 6 nitrogen and oxygen atoms in total. The van der Waals surface area contributed by atoms with Crippen molar-refractivity contribution < 1.29 is 14.3 Å². The third kappa shape index (κ3) is 4.80. The number of halogens is 1. The molecule has 3 N–H and O–H groups in total. The summed E-state index contributed by atoms with van der Waals surface area (Å²) >= 11 is 1.18. The minimum Gasteiger partial charge on any atom is -0.378 e. The van der Waals surface area contributed by atoms with Crippen molar-refractivity contribution in [2.24, 2.45) is 5.73 Å². The van der Waals surface area contributed by atoms with Crippen molar-refractivity contribution in [3.8, 4) is 0 Å². The predicted molar refractivity (Wildman–Crippen MR) is 81.3 cm³/mol. The van der Waals surface area contributed by atoms with Crippen molar-refractivity contribution in [3.05, 3.63) is 0 Å². The van der Waals surface area contributed by atoms with Crippen LogP contribution in [-0.2, 0) is 9.53 Å². The third-order valence-corrected chi connectivity index (χ3v) is 4.31. The number of carbonyl (C=O) groups is 2. The molecule has 8 heteroatoms. The molecule has 2 aliphatic heterocycles. The van der Waals surface area contributed by atoms with Crippen LogP contribution in [0.25, 0.3) is 0 Å². The number of likely N-dealkylation sites (tertiary alicyclic amines) is 1. The van der Waals surface area contributed by atoms with Gasteiger partial charge >= 0.3 is 0 Å². The van der Waals surface area contributed by atoms with E-state index in [9.17, 15) is 9.59 Å². The highest BCUT2D eigenvalue weighted by Gasteiger charge is 2.33. The Bertz CT molecular complexity index is 338. The summed E-state index contributed by atoms with van der Waals surface area (Å²) < 4.78 is 5.70. The Morgan fingerprint density at radius 1 is 1.45 bits per heavy atom. The van der Waals surface area contributed by atoms with E-state index in [1.165, 1.54) is 11.8 Å². The molecular formula is C12H22ClN3O3S. The van der Waals surface area contributed by atoms with Gasteiger partial charge in [-0.15, -0.1) is 12.4 Å². The lowest BCUT2D eigenvalue weighted by Gasteiger charge is -2.33. The van der Waals surface area contributed by atoms with E-state index in [4.69, 9.17) is 10.5 Å². The summed E-state index contributed by atoms with van der Waals surface area (Å²) in [6.07, 6.45) is 2.85. The van der Waals surface area contributed by atoms with E-state index in [2.05, 4.69) is 5.32 Å². The number of hydrogen-bond acceptors (Lipinski definition) is 5. The molecule has 1 atom stereocenters. The van der Waals surface area contributed by atoms with Crippen LogP contribution in [-0.4, -0.2) is 60.2 Å². The first kappa shape index (κ1) is 17.6. The second-order valence-electron chi connectivity index (χ2n) is 4.83. The number of piperidine rings is 1. The summed E-state index contributed by atoms with van der Waals surface area (Å²) in [6, 6.07) is -0.341. The number of rotatable bonds is 5. The van der Waals surface area contributed by atoms with Gasteiger partial charge in [-0.3, -0.25) is 9.59 Å². The van der Waals surface area contributed by atoms with Gasteiger partial charge in [0.15, 0.2) is 0 Å². The zero-order valence-electron chi connectivity index (χ0n) is 11.4. The van der Waals surface area contributed by atoms with E-state index in [1.807, 2.05) is 4.90 Å². The van der Waals surface area contributed by atoms with Crippen LogP contribution in [0.15, 0.2) is 0 Å². The van der Waals surface area contributed by atoms with Gasteiger partial charge < -0.3 is 20.7 Å². The summed E-state index contributed by atoms with van der Waals surface area (Å²) in [5, 5.41) is 2.59. The lowest BCUT2D eigenvalue weighted by Crippen LogP contribution is -2.49. The highest BCUT2D eigenvalue weighted by Crippen LogP contribution is 2.19. The Labute approximate surface area is 129 Å². The lowest BCUT2D eigenvalue weighted by molar-refractivity contribution is -0.135. The molecule has 0 unspecified atom stereocenters. The molecule has 0 spiro atoms. The number of nitrogens with two attached hydrogens (primary N) is 1. The molecule has 0 bridgehead atoms. The molecule has 0 radical (unpaired) electrons. The second kappa shape index (κ2) is 8.71. The van der Waals surface area contributed by atoms with Crippen LogP contribution in [0.4, 0.5) is 4.79 Å². The molecule has 0 aromatic rings. The molecule has 2 heterocycles. The second-order valence-corrected chi connectivity index (χ2v) is 5.83. The molecule has 0 saturated carbocycles. The number of thioether (sulfide) groups is 1. The monoisotopic (exact) mass is 323 g/mol. The van der Waals surface area contributed by atoms with Gasteiger partial charge in [-0.25, -0.2) is 0 Å². The molecular weight excluding hydrogens is 302 g/mol. The minimum atomic E-state index is -0.341. The van der Waals surface area contributed by atoms with Gasteiger partial charge in [0, 0.05) is 25.4 Å². The van der Waals surface area contributed by atoms with E-state index < -0.39 is 0 Å². The van der Waals surface area contributed by atoms with Gasteiger partial charge in [-0.2, -0.15) is 0 Å². The van der Waals surface area contributed by atoms with Gasteiger partial charge in [-0.05, 0) is 25.8 Å². The zero-order chi connectivity index (χ0) is 13.7. The number of amides is 2. The van der Waals surface area contributed by atoms with E-state index in [0.29, 0.717) is 32.0 Å². The van der Waals surface area contributed by atoms with Crippen molar-refractivity contribution in [1.82, 2.24) is 10.2 Å². The Hall–Kier alpha value is -0.500. The lowest BCUT2D eigenvalue weighted by atomic mass is 10.1. The smallest absolute Gasteiger partial charge is 0.279 e. The van der Waals surface area contributed by atoms with Crippen LogP contribution in [0.1, 0.15) is 19.3 Å². The average molecular weight is 324 g/mol. The highest BCUT2D eigenvalue weighted by molar-refractivity contribution is 8.14. The fraction of sp³-hybridized carbons (Fsp3) is 0.833. The normalized spacial score (nSPS) is 23.4. The maximum atomic E-state index is 12.2. The largest absolute Gasteiger partial charge is 0.378 e. The molecule has 0 aromatic carbocycles. The minimum absolute atomic E-state index is 0. The number of carbonyl (C=O) groups excluding carboxylic acids is 2. The fourth-order valence-electron chi connectivity index (χ4n) is 2.31. The van der Waals surface area contributed by atoms with Gasteiger partial charge in [0.1, 0.15) is 6.04 Å². The number of ether oxygens (including phenoxy) is 1. The Morgan fingerprint density at radius 2 is 2.15 bits per heavy atom. The first-order chi connectivity index (χ1) is 9.20. The average Bonchev–Trinajstić information content (AvgIpc) is 2.86. The predicted octanol–water partition coefficient (Wildman–Crippen LogP) is 0.590. The first-order valence-corrected chi connectivity index (χ1v) is 7.73. The fourth-order valence-corrected chi connectivity index (χ4v) is 3.08. The topological polar surface area (TPSA) is 84.7 Å². The highest BCUT2D eigenvalue weighted by atomic mass is 35.5. The van der Waals surface area contributed by atoms with Crippen molar-refractivity contribution in [1.29, 1.82) is 0 Å². The van der Waals surface area contributed by atoms with E-state index in [0.717, 1.165) is 19.3 Å². The molecule has 116 valence electrons. The molecule has 0 aliphatic carbocycles. The van der Waals surface area contributed by atoms with Crippen LogP contribution >= 0.6 is 24.2 Å². The molecule has 2 rings (SSSR count). The summed E-state index contributed by atoms with van der Waals surface area (Å²) in [5.41, 5.74) is 5.42. The van der Waals surface area contributed by atoms with Crippen molar-refractivity contribution in [3.63, 3.8) is 0 Å². The Balaban J connectivity index is 0.00000200. The van der Waals surface area contributed by atoms with Crippen LogP contribution in [0.5, 0.6) is 0 Å². The SMILES string of the molecule is Cl.NCCCOC1CCN(C(=O)[C@@H]2CSC(=O)N2)CC1. The molecule has 2 amide bonds. The van der Waals surface area contributed by atoms with E-state index in [1.54, 1.807) is 0 Å². The summed E-state index contributed by atoms with van der Waals surface area (Å²) in [6.45, 7) is 2.77. The van der Waals surface area contributed by atoms with Gasteiger partial charge in [0.05, 0.1) is 6.10 Å². The molecule has 2 aliphatic rings. The number of nitrogens with zero attached hydrogens (tertiary/aromatic N) is 1. The molecule has 0 aromatic heterocycles. The van der Waals surface area contributed by atoms with E-state index in [-0.39, 0.29) is 35.7 Å². The van der Waals surface area contributed by atoms with Crippen molar-refractivity contribution in [2.45, 2.75) is 31.4 Å². The van der Waals surface area contributed by atoms with Crippen molar-refractivity contribution >= 4 is 35.3 Å². The summed E-state index contributed by atoms with van der Waals surface area (Å²) in [4.78, 5) is 25.1. The van der Waals surface area contributed by atoms with Gasteiger partial charge in [0.25, 0.3) is 5.24 Å². The number of hydrogen-bond donors (Lipinski definition) is 2. The summed E-state index contributed by atoms with van der Waals surface area (Å²) in [5.74, 6) is 0.587. The van der Waals surface area contributed by atoms with Crippen LogP contribution in [0.2, 0.25) is 0 Å². The third-order valence-electron chi connectivity index (χ3n) is 3.43. The quantitative estimate of drug-likeness (QED) is 0.723. The van der Waals surface area contributed by atoms with Crippen LogP contribution in [0.3, 0.4) is 0 Å². The Morgan fingerprint density at radius 3 is 2.70 bits per heavy atom. The zero-order valence-corrected chi connectivity index (χ0v) is 13.0. The van der Waals surface area contributed by atoms with E-state index >= 15 is 0 Å². The molecule has 2 saturated heterocycles. The van der Waals surface area contributed by atoms with Gasteiger partial charge in [-0.1, -0.05) is 11.8 Å². The summed E-state index contributed by atoms with van der Waals surface area (Å²) in [7, 11) is 0. The number of nitrogens with one attached hydrogen (secondary N) is 1. The van der Waals surface area contributed by atoms with Crippen molar-refractivity contribution in [2.75, 3.05) is 32.0 Å². The van der Waals surface area contributed by atoms with Crippen LogP contribution in [0, 0.1) is 0 Å².